The number of pyridine rings is 1. The van der Waals surface area contributed by atoms with Crippen LogP contribution in [0, 0.1) is 0 Å². The SMILES string of the molecule is Cn1cnc(CCn2c(CCCl)nc3cc(Br)cnc32)n1. The molecule has 0 saturated carbocycles. The van der Waals surface area contributed by atoms with Gasteiger partial charge in [0.2, 0.25) is 0 Å². The lowest BCUT2D eigenvalue weighted by atomic mass is 10.3. The van der Waals surface area contributed by atoms with Gasteiger partial charge in [0.1, 0.15) is 17.7 Å². The zero-order valence-electron chi connectivity index (χ0n) is 11.5. The van der Waals surface area contributed by atoms with Crippen LogP contribution in [0.25, 0.3) is 11.2 Å². The van der Waals surface area contributed by atoms with Crippen molar-refractivity contribution in [1.29, 1.82) is 0 Å². The summed E-state index contributed by atoms with van der Waals surface area (Å²) in [5, 5.41) is 4.30. The molecule has 0 N–H and O–H groups in total. The molecule has 0 fully saturated rings. The molecule has 0 saturated heterocycles. The van der Waals surface area contributed by atoms with Crippen molar-refractivity contribution in [3.8, 4) is 0 Å². The molecular formula is C13H14BrClN6. The molecule has 3 heterocycles. The normalized spacial score (nSPS) is 11.4. The van der Waals surface area contributed by atoms with E-state index in [1.807, 2.05) is 13.1 Å². The molecule has 0 unspecified atom stereocenters. The quantitative estimate of drug-likeness (QED) is 0.648. The maximum Gasteiger partial charge on any atom is 0.160 e. The summed E-state index contributed by atoms with van der Waals surface area (Å²) in [7, 11) is 1.86. The number of fused-ring (bicyclic) bond motifs is 1. The summed E-state index contributed by atoms with van der Waals surface area (Å²) in [6.07, 6.45) is 4.94. The van der Waals surface area contributed by atoms with Gasteiger partial charge in [-0.1, -0.05) is 0 Å². The number of aryl methyl sites for hydroxylation is 4. The Morgan fingerprint density at radius 3 is 2.86 bits per heavy atom. The molecule has 0 bridgehead atoms. The summed E-state index contributed by atoms with van der Waals surface area (Å²) in [6, 6.07) is 1.97. The molecule has 0 amide bonds. The molecule has 0 aliphatic heterocycles. The maximum absolute atomic E-state index is 5.88. The van der Waals surface area contributed by atoms with E-state index >= 15 is 0 Å². The van der Waals surface area contributed by atoms with Crippen LogP contribution in [0.4, 0.5) is 0 Å². The summed E-state index contributed by atoms with van der Waals surface area (Å²) < 4.78 is 4.72. The average molecular weight is 370 g/mol. The molecule has 0 atom stereocenters. The smallest absolute Gasteiger partial charge is 0.160 e. The maximum atomic E-state index is 5.88. The second kappa shape index (κ2) is 6.11. The van der Waals surface area contributed by atoms with Crippen LogP contribution in [0.2, 0.25) is 0 Å². The number of rotatable bonds is 5. The molecule has 0 aromatic carbocycles. The number of aromatic nitrogens is 6. The van der Waals surface area contributed by atoms with Crippen LogP contribution in [-0.2, 0) is 26.4 Å². The van der Waals surface area contributed by atoms with E-state index in [0.717, 1.165) is 40.3 Å². The molecule has 0 spiro atoms. The van der Waals surface area contributed by atoms with Gasteiger partial charge in [0.05, 0.1) is 0 Å². The number of nitrogens with zero attached hydrogens (tertiary/aromatic N) is 6. The van der Waals surface area contributed by atoms with Crippen LogP contribution in [0.1, 0.15) is 11.6 Å². The summed E-state index contributed by atoms with van der Waals surface area (Å²) in [5.41, 5.74) is 1.74. The number of hydrogen-bond acceptors (Lipinski definition) is 4. The predicted molar refractivity (Wildman–Crippen MR) is 84.4 cm³/mol. The highest BCUT2D eigenvalue weighted by atomic mass is 79.9. The van der Waals surface area contributed by atoms with Crippen molar-refractivity contribution in [2.45, 2.75) is 19.4 Å². The van der Waals surface area contributed by atoms with Crippen molar-refractivity contribution in [2.75, 3.05) is 5.88 Å². The summed E-state index contributed by atoms with van der Waals surface area (Å²) in [5.74, 6) is 2.29. The van der Waals surface area contributed by atoms with E-state index in [-0.39, 0.29) is 0 Å². The Kier molecular flexibility index (Phi) is 4.21. The van der Waals surface area contributed by atoms with Crippen LogP contribution >= 0.6 is 27.5 Å². The second-order valence-electron chi connectivity index (χ2n) is 4.70. The number of hydrogen-bond donors (Lipinski definition) is 0. The van der Waals surface area contributed by atoms with Gasteiger partial charge < -0.3 is 4.57 Å². The van der Waals surface area contributed by atoms with Gasteiger partial charge in [0, 0.05) is 43.0 Å². The molecule has 3 aromatic rings. The van der Waals surface area contributed by atoms with Crippen molar-refractivity contribution in [1.82, 2.24) is 29.3 Å². The van der Waals surface area contributed by atoms with Gasteiger partial charge in [-0.3, -0.25) is 4.68 Å². The topological polar surface area (TPSA) is 61.4 Å². The van der Waals surface area contributed by atoms with Gasteiger partial charge in [-0.25, -0.2) is 15.0 Å². The van der Waals surface area contributed by atoms with E-state index in [2.05, 4.69) is 40.5 Å². The van der Waals surface area contributed by atoms with E-state index in [4.69, 9.17) is 11.6 Å². The predicted octanol–water partition coefficient (Wildman–Crippen LogP) is 2.35. The summed E-state index contributed by atoms with van der Waals surface area (Å²) in [4.78, 5) is 13.3. The zero-order chi connectivity index (χ0) is 14.8. The molecule has 21 heavy (non-hydrogen) atoms. The number of imidazole rings is 1. The minimum Gasteiger partial charge on any atom is -0.312 e. The van der Waals surface area contributed by atoms with Crippen molar-refractivity contribution in [3.63, 3.8) is 0 Å². The molecule has 0 aliphatic rings. The highest BCUT2D eigenvalue weighted by Crippen LogP contribution is 2.19. The minimum absolute atomic E-state index is 0.534. The van der Waals surface area contributed by atoms with E-state index in [9.17, 15) is 0 Å². The van der Waals surface area contributed by atoms with E-state index in [1.54, 1.807) is 17.2 Å². The Balaban J connectivity index is 1.92. The Morgan fingerprint density at radius 1 is 1.29 bits per heavy atom. The average Bonchev–Trinajstić information content (AvgIpc) is 3.00. The van der Waals surface area contributed by atoms with Crippen LogP contribution in [0.5, 0.6) is 0 Å². The van der Waals surface area contributed by atoms with Crippen LogP contribution in [0.3, 0.4) is 0 Å². The zero-order valence-corrected chi connectivity index (χ0v) is 13.8. The Hall–Kier alpha value is -1.47. The van der Waals surface area contributed by atoms with Crippen LogP contribution in [0.15, 0.2) is 23.1 Å². The minimum atomic E-state index is 0.534. The molecule has 6 nitrogen and oxygen atoms in total. The van der Waals surface area contributed by atoms with Gasteiger partial charge in [-0.05, 0) is 22.0 Å². The van der Waals surface area contributed by atoms with E-state index < -0.39 is 0 Å². The first kappa shape index (κ1) is 14.5. The van der Waals surface area contributed by atoms with Gasteiger partial charge in [-0.15, -0.1) is 11.6 Å². The fourth-order valence-corrected chi connectivity index (χ4v) is 2.74. The van der Waals surface area contributed by atoms with Crippen molar-refractivity contribution in [2.24, 2.45) is 7.05 Å². The van der Waals surface area contributed by atoms with Gasteiger partial charge >= 0.3 is 0 Å². The van der Waals surface area contributed by atoms with Crippen LogP contribution < -0.4 is 0 Å². The fraction of sp³-hybridized carbons (Fsp3) is 0.385. The number of halogens is 2. The third kappa shape index (κ3) is 3.08. The lowest BCUT2D eigenvalue weighted by molar-refractivity contribution is 0.642. The first-order chi connectivity index (χ1) is 10.2. The van der Waals surface area contributed by atoms with E-state index in [1.165, 1.54) is 0 Å². The molecule has 0 aliphatic carbocycles. The van der Waals surface area contributed by atoms with E-state index in [0.29, 0.717) is 12.3 Å². The Morgan fingerprint density at radius 2 is 2.14 bits per heavy atom. The third-order valence-electron chi connectivity index (χ3n) is 3.15. The summed E-state index contributed by atoms with van der Waals surface area (Å²) in [6.45, 7) is 0.737. The highest BCUT2D eigenvalue weighted by molar-refractivity contribution is 9.10. The van der Waals surface area contributed by atoms with Crippen molar-refractivity contribution >= 4 is 38.7 Å². The molecular weight excluding hydrogens is 356 g/mol. The molecule has 3 rings (SSSR count). The summed E-state index contributed by atoms with van der Waals surface area (Å²) >= 11 is 9.30. The van der Waals surface area contributed by atoms with Crippen molar-refractivity contribution in [3.05, 3.63) is 34.7 Å². The molecule has 110 valence electrons. The fourth-order valence-electron chi connectivity index (χ4n) is 2.25. The lowest BCUT2D eigenvalue weighted by Gasteiger charge is -2.06. The first-order valence-electron chi connectivity index (χ1n) is 6.58. The lowest BCUT2D eigenvalue weighted by Crippen LogP contribution is -2.08. The van der Waals surface area contributed by atoms with Crippen molar-refractivity contribution < 1.29 is 0 Å². The van der Waals surface area contributed by atoms with Crippen LogP contribution in [-0.4, -0.2) is 35.2 Å². The molecule has 0 radical (unpaired) electrons. The Labute approximate surface area is 135 Å². The van der Waals surface area contributed by atoms with Gasteiger partial charge in [0.15, 0.2) is 11.5 Å². The van der Waals surface area contributed by atoms with Gasteiger partial charge in [-0.2, -0.15) is 5.10 Å². The standard InChI is InChI=1S/C13H14BrClN6/c1-20-8-17-11(19-20)3-5-21-12(2-4-15)18-10-6-9(14)7-16-13(10)21/h6-8H,2-5H2,1H3. The largest absolute Gasteiger partial charge is 0.312 e. The Bertz CT molecular complexity index is 765. The molecule has 3 aromatic heterocycles. The molecule has 8 heteroatoms. The monoisotopic (exact) mass is 368 g/mol. The first-order valence-corrected chi connectivity index (χ1v) is 7.91. The van der Waals surface area contributed by atoms with Gasteiger partial charge in [0.25, 0.3) is 0 Å². The third-order valence-corrected chi connectivity index (χ3v) is 3.78. The second-order valence-corrected chi connectivity index (χ2v) is 5.99. The number of alkyl halides is 1. The highest BCUT2D eigenvalue weighted by Gasteiger charge is 2.12.